The fraction of sp³-hybridized carbons (Fsp3) is 0.423. The minimum Gasteiger partial charge on any atom is -0.489 e. The molecule has 1 saturated carbocycles. The van der Waals surface area contributed by atoms with E-state index in [0.29, 0.717) is 11.1 Å². The van der Waals surface area contributed by atoms with Gasteiger partial charge in [-0.25, -0.2) is 0 Å². The molecule has 0 spiro atoms. The number of Topliss-reactive ketones (excluding diaryl/α,β-unsaturated/α-hetero) is 1. The van der Waals surface area contributed by atoms with Crippen molar-refractivity contribution in [1.82, 2.24) is 0 Å². The minimum absolute atomic E-state index is 0.000604. The summed E-state index contributed by atoms with van der Waals surface area (Å²) in [5, 5.41) is 11.6. The molecule has 186 valence electrons. The minimum atomic E-state index is -4.46. The summed E-state index contributed by atoms with van der Waals surface area (Å²) >= 11 is 0. The second kappa shape index (κ2) is 10.1. The Labute approximate surface area is 200 Å². The average Bonchev–Trinajstić information content (AvgIpc) is 3.34. The molecule has 1 unspecified atom stereocenters. The number of hydrogen-bond donors (Lipinski definition) is 2. The van der Waals surface area contributed by atoms with Crippen molar-refractivity contribution in [3.05, 3.63) is 58.7 Å². The maximum atomic E-state index is 13.7. The Balaban J connectivity index is 1.51. The maximum absolute atomic E-state index is 13.7. The van der Waals surface area contributed by atoms with Gasteiger partial charge >= 0.3 is 12.1 Å². The van der Waals surface area contributed by atoms with E-state index in [4.69, 9.17) is 9.84 Å². The Kier molecular flexibility index (Phi) is 7.14. The molecule has 6 nitrogen and oxygen atoms in total. The molecule has 1 fully saturated rings. The number of ketones is 1. The van der Waals surface area contributed by atoms with Gasteiger partial charge in [-0.05, 0) is 60.6 Å². The zero-order valence-corrected chi connectivity index (χ0v) is 19.0. The number of amides is 1. The predicted octanol–water partition coefficient (Wildman–Crippen LogP) is 5.95. The molecule has 4 rings (SSSR count). The van der Waals surface area contributed by atoms with Gasteiger partial charge in [0.25, 0.3) is 0 Å². The molecule has 35 heavy (non-hydrogen) atoms. The zero-order chi connectivity index (χ0) is 25.2. The molecule has 9 heteroatoms. The first-order valence-corrected chi connectivity index (χ1v) is 11.6. The number of halogens is 3. The fourth-order valence-corrected chi connectivity index (χ4v) is 4.86. The van der Waals surface area contributed by atoms with Crippen LogP contribution in [0.15, 0.2) is 36.4 Å². The molecule has 0 bridgehead atoms. The van der Waals surface area contributed by atoms with Crippen LogP contribution < -0.4 is 10.1 Å². The lowest BCUT2D eigenvalue weighted by molar-refractivity contribution is -0.140. The van der Waals surface area contributed by atoms with E-state index in [1.54, 1.807) is 12.1 Å². The highest BCUT2D eigenvalue weighted by molar-refractivity contribution is 6.07. The van der Waals surface area contributed by atoms with Gasteiger partial charge in [0, 0.05) is 17.9 Å². The monoisotopic (exact) mass is 489 g/mol. The van der Waals surface area contributed by atoms with Crippen LogP contribution in [-0.4, -0.2) is 22.8 Å². The van der Waals surface area contributed by atoms with Crippen molar-refractivity contribution in [3.63, 3.8) is 0 Å². The van der Waals surface area contributed by atoms with Gasteiger partial charge in [0.2, 0.25) is 5.91 Å². The van der Waals surface area contributed by atoms with Crippen LogP contribution >= 0.6 is 0 Å². The van der Waals surface area contributed by atoms with Crippen LogP contribution in [0.2, 0.25) is 0 Å². The molecule has 0 radical (unpaired) electrons. The number of carbonyl (C=O) groups excluding carboxylic acids is 2. The first kappa shape index (κ1) is 24.8. The van der Waals surface area contributed by atoms with Crippen LogP contribution in [0.25, 0.3) is 0 Å². The van der Waals surface area contributed by atoms with E-state index in [0.717, 1.165) is 31.7 Å². The highest BCUT2D eigenvalue weighted by atomic mass is 19.4. The van der Waals surface area contributed by atoms with E-state index < -0.39 is 29.5 Å². The van der Waals surface area contributed by atoms with Crippen LogP contribution in [-0.2, 0) is 22.4 Å². The number of ether oxygens (including phenoxy) is 1. The van der Waals surface area contributed by atoms with Gasteiger partial charge in [-0.3, -0.25) is 14.4 Å². The van der Waals surface area contributed by atoms with Crippen LogP contribution in [0, 0.1) is 5.92 Å². The normalized spacial score (nSPS) is 19.0. The van der Waals surface area contributed by atoms with E-state index in [2.05, 4.69) is 5.32 Å². The summed E-state index contributed by atoms with van der Waals surface area (Å²) in [7, 11) is 0. The average molecular weight is 489 g/mol. The molecule has 0 aromatic heterocycles. The van der Waals surface area contributed by atoms with Gasteiger partial charge in [0.05, 0.1) is 17.7 Å². The second-order valence-electron chi connectivity index (χ2n) is 9.14. The smallest absolute Gasteiger partial charge is 0.416 e. The van der Waals surface area contributed by atoms with Crippen LogP contribution in [0.1, 0.15) is 77.9 Å². The lowest BCUT2D eigenvalue weighted by atomic mass is 9.91. The summed E-state index contributed by atoms with van der Waals surface area (Å²) in [4.78, 5) is 36.0. The van der Waals surface area contributed by atoms with Crippen molar-refractivity contribution in [2.45, 2.75) is 63.6 Å². The Morgan fingerprint density at radius 3 is 2.49 bits per heavy atom. The second-order valence-corrected chi connectivity index (χ2v) is 9.14. The number of anilines is 1. The number of benzene rings is 2. The third-order valence-electron chi connectivity index (χ3n) is 6.68. The van der Waals surface area contributed by atoms with Crippen molar-refractivity contribution < 1.29 is 37.4 Å². The van der Waals surface area contributed by atoms with Gasteiger partial charge in [-0.1, -0.05) is 25.0 Å². The summed E-state index contributed by atoms with van der Waals surface area (Å²) in [5.74, 6) is -2.48. The van der Waals surface area contributed by atoms with E-state index in [-0.39, 0.29) is 54.6 Å². The van der Waals surface area contributed by atoms with Crippen molar-refractivity contribution in [2.75, 3.05) is 5.32 Å². The molecule has 1 aliphatic heterocycles. The Morgan fingerprint density at radius 1 is 1.06 bits per heavy atom. The largest absolute Gasteiger partial charge is 0.489 e. The number of rotatable bonds is 6. The summed E-state index contributed by atoms with van der Waals surface area (Å²) in [5.41, 5.74) is 0.543. The van der Waals surface area contributed by atoms with Crippen molar-refractivity contribution >= 4 is 23.3 Å². The van der Waals surface area contributed by atoms with E-state index in [1.807, 2.05) is 0 Å². The molecule has 2 N–H and O–H groups in total. The van der Waals surface area contributed by atoms with Gasteiger partial charge in [0.15, 0.2) is 5.78 Å². The summed E-state index contributed by atoms with van der Waals surface area (Å²) < 4.78 is 46.9. The third kappa shape index (κ3) is 5.83. The number of nitrogens with one attached hydrogen (secondary N) is 1. The molecule has 2 aliphatic rings. The van der Waals surface area contributed by atoms with Crippen LogP contribution in [0.3, 0.4) is 0 Å². The fourth-order valence-electron chi connectivity index (χ4n) is 4.86. The van der Waals surface area contributed by atoms with Crippen LogP contribution in [0.5, 0.6) is 5.75 Å². The molecule has 1 atom stereocenters. The molecule has 2 aromatic carbocycles. The van der Waals surface area contributed by atoms with Crippen molar-refractivity contribution in [1.29, 1.82) is 0 Å². The number of carboxylic acid groups (broad SMARTS) is 1. The topological polar surface area (TPSA) is 92.7 Å². The van der Waals surface area contributed by atoms with Gasteiger partial charge < -0.3 is 15.2 Å². The number of carboxylic acids is 1. The van der Waals surface area contributed by atoms with Crippen LogP contribution in [0.4, 0.5) is 18.9 Å². The highest BCUT2D eigenvalue weighted by Crippen LogP contribution is 2.42. The van der Waals surface area contributed by atoms with E-state index in [1.165, 1.54) is 18.2 Å². The number of hydrogen-bond acceptors (Lipinski definition) is 4. The molecular formula is C26H26F3NO5. The van der Waals surface area contributed by atoms with E-state index in [9.17, 15) is 27.6 Å². The van der Waals surface area contributed by atoms with Crippen molar-refractivity contribution in [2.24, 2.45) is 5.92 Å². The number of aliphatic carboxylic acids is 1. The molecule has 0 saturated heterocycles. The first-order valence-electron chi connectivity index (χ1n) is 11.6. The van der Waals surface area contributed by atoms with Gasteiger partial charge in [0.1, 0.15) is 12.4 Å². The van der Waals surface area contributed by atoms with E-state index >= 15 is 0 Å². The quantitative estimate of drug-likeness (QED) is 0.523. The first-order chi connectivity index (χ1) is 16.6. The lowest BCUT2D eigenvalue weighted by Gasteiger charge is -2.21. The Morgan fingerprint density at radius 2 is 1.80 bits per heavy atom. The van der Waals surface area contributed by atoms with Crippen molar-refractivity contribution in [3.8, 4) is 5.75 Å². The standard InChI is InChI=1S/C26H26F3NO5/c27-26(28,29)21-11-15(5-8-19(21)16-3-1-2-4-16)14-35-18-7-9-22-20(13-18)23(31)10-6-17(12-24(32)33)25(34)30-22/h5,7-9,11,13,16-17H,1-4,6,10,12,14H2,(H,30,34)(H,32,33). The zero-order valence-electron chi connectivity index (χ0n) is 19.0. The Bertz CT molecular complexity index is 1140. The highest BCUT2D eigenvalue weighted by Gasteiger charge is 2.36. The number of fused-ring (bicyclic) bond motifs is 1. The molecule has 2 aromatic rings. The third-order valence-corrected chi connectivity index (χ3v) is 6.68. The van der Waals surface area contributed by atoms with Gasteiger partial charge in [-0.2, -0.15) is 13.2 Å². The number of carbonyl (C=O) groups is 3. The SMILES string of the molecule is O=C(O)CC1CCC(=O)c2cc(OCc3ccc(C4CCCC4)c(C(F)(F)F)c3)ccc2NC1=O. The summed E-state index contributed by atoms with van der Waals surface area (Å²) in [6.45, 7) is -0.117. The molecule has 1 heterocycles. The number of alkyl halides is 3. The molecule has 1 amide bonds. The summed E-state index contributed by atoms with van der Waals surface area (Å²) in [6, 6.07) is 8.77. The molecule has 1 aliphatic carbocycles. The maximum Gasteiger partial charge on any atom is 0.416 e. The molecular weight excluding hydrogens is 463 g/mol. The Hall–Kier alpha value is -3.36. The predicted molar refractivity (Wildman–Crippen MR) is 121 cm³/mol. The summed E-state index contributed by atoms with van der Waals surface area (Å²) in [6.07, 6.45) is -1.33. The lowest BCUT2D eigenvalue weighted by Crippen LogP contribution is -2.28. The van der Waals surface area contributed by atoms with Gasteiger partial charge in [-0.15, -0.1) is 0 Å².